The van der Waals surface area contributed by atoms with Gasteiger partial charge in [-0.2, -0.15) is 13.2 Å². The second kappa shape index (κ2) is 7.79. The minimum Gasteiger partial charge on any atom is -0.464 e. The molecule has 0 radical (unpaired) electrons. The Morgan fingerprint density at radius 3 is 2.36 bits per heavy atom. The predicted octanol–water partition coefficient (Wildman–Crippen LogP) is 1.17. The van der Waals surface area contributed by atoms with Crippen LogP contribution in [0.3, 0.4) is 0 Å². The lowest BCUT2D eigenvalue weighted by Gasteiger charge is -2.21. The number of hydrogen-bond donors (Lipinski definition) is 2. The lowest BCUT2D eigenvalue weighted by molar-refractivity contribution is -0.165. The molecule has 0 saturated heterocycles. The lowest BCUT2D eigenvalue weighted by atomic mass is 10.1. The normalized spacial score (nSPS) is 14.0. The Bertz CT molecular complexity index is 506. The van der Waals surface area contributed by atoms with Crippen molar-refractivity contribution in [3.05, 3.63) is 35.9 Å². The van der Waals surface area contributed by atoms with Gasteiger partial charge in [0.15, 0.2) is 6.04 Å². The van der Waals surface area contributed by atoms with Crippen LogP contribution in [0.25, 0.3) is 0 Å². The Labute approximate surface area is 125 Å². The number of nitrogens with two attached hydrogens (primary N) is 1. The monoisotopic (exact) mass is 318 g/mol. The number of amides is 1. The van der Waals surface area contributed by atoms with Crippen molar-refractivity contribution in [3.8, 4) is 0 Å². The Morgan fingerprint density at radius 2 is 1.86 bits per heavy atom. The first kappa shape index (κ1) is 18.0. The van der Waals surface area contributed by atoms with Crippen LogP contribution in [0.15, 0.2) is 30.3 Å². The van der Waals surface area contributed by atoms with Crippen molar-refractivity contribution < 1.29 is 27.5 Å². The van der Waals surface area contributed by atoms with E-state index in [-0.39, 0.29) is 13.0 Å². The maximum Gasteiger partial charge on any atom is 0.412 e. The number of ether oxygens (including phenoxy) is 1. The van der Waals surface area contributed by atoms with Crippen LogP contribution in [0.2, 0.25) is 0 Å². The molecule has 22 heavy (non-hydrogen) atoms. The van der Waals surface area contributed by atoms with Crippen LogP contribution in [-0.2, 0) is 20.7 Å². The molecule has 1 aromatic carbocycles. The van der Waals surface area contributed by atoms with E-state index in [0.717, 1.165) is 0 Å². The number of benzene rings is 1. The second-order valence-corrected chi connectivity index (χ2v) is 4.52. The molecule has 3 N–H and O–H groups in total. The van der Waals surface area contributed by atoms with Gasteiger partial charge in [-0.25, -0.2) is 4.79 Å². The molecule has 0 heterocycles. The first-order valence-corrected chi connectivity index (χ1v) is 6.59. The summed E-state index contributed by atoms with van der Waals surface area (Å²) in [4.78, 5) is 23.3. The van der Waals surface area contributed by atoms with Crippen LogP contribution in [0.4, 0.5) is 13.2 Å². The Morgan fingerprint density at radius 1 is 1.27 bits per heavy atom. The van der Waals surface area contributed by atoms with Crippen LogP contribution in [0.1, 0.15) is 12.5 Å². The molecule has 2 atom stereocenters. The number of rotatable bonds is 6. The van der Waals surface area contributed by atoms with Gasteiger partial charge in [-0.1, -0.05) is 30.3 Å². The minimum atomic E-state index is -4.88. The van der Waals surface area contributed by atoms with Crippen molar-refractivity contribution in [3.63, 3.8) is 0 Å². The minimum absolute atomic E-state index is 0.00991. The summed E-state index contributed by atoms with van der Waals surface area (Å²) >= 11 is 0. The van der Waals surface area contributed by atoms with E-state index in [1.54, 1.807) is 37.3 Å². The Kier molecular flexibility index (Phi) is 6.36. The molecule has 0 aliphatic heterocycles. The van der Waals surface area contributed by atoms with Crippen LogP contribution in [-0.4, -0.2) is 36.7 Å². The fraction of sp³-hybridized carbons (Fsp3) is 0.429. The first-order valence-electron chi connectivity index (χ1n) is 6.59. The second-order valence-electron chi connectivity index (χ2n) is 4.52. The zero-order valence-electron chi connectivity index (χ0n) is 11.9. The topological polar surface area (TPSA) is 81.4 Å². The van der Waals surface area contributed by atoms with E-state index in [4.69, 9.17) is 10.5 Å². The fourth-order valence-corrected chi connectivity index (χ4v) is 1.70. The third-order valence-electron chi connectivity index (χ3n) is 2.81. The maximum atomic E-state index is 12.4. The molecule has 0 saturated carbocycles. The van der Waals surface area contributed by atoms with E-state index in [9.17, 15) is 22.8 Å². The van der Waals surface area contributed by atoms with Crippen molar-refractivity contribution in [1.82, 2.24) is 5.32 Å². The fourth-order valence-electron chi connectivity index (χ4n) is 1.70. The van der Waals surface area contributed by atoms with E-state index >= 15 is 0 Å². The summed E-state index contributed by atoms with van der Waals surface area (Å²) in [6.45, 7) is 1.60. The lowest BCUT2D eigenvalue weighted by Crippen LogP contribution is -2.55. The number of carbonyl (C=O) groups is 2. The van der Waals surface area contributed by atoms with Crippen LogP contribution < -0.4 is 11.1 Å². The van der Waals surface area contributed by atoms with Crippen molar-refractivity contribution in [2.75, 3.05) is 6.61 Å². The molecule has 0 bridgehead atoms. The van der Waals surface area contributed by atoms with Gasteiger partial charge < -0.3 is 15.8 Å². The highest BCUT2D eigenvalue weighted by atomic mass is 19.4. The summed E-state index contributed by atoms with van der Waals surface area (Å²) in [5.74, 6) is -2.28. The molecule has 1 amide bonds. The summed E-state index contributed by atoms with van der Waals surface area (Å²) in [6, 6.07) is 4.61. The van der Waals surface area contributed by atoms with E-state index in [1.165, 1.54) is 0 Å². The molecule has 0 fully saturated rings. The predicted molar refractivity (Wildman–Crippen MR) is 72.7 cm³/mol. The number of nitrogens with one attached hydrogen (secondary N) is 1. The molecule has 0 aromatic heterocycles. The number of esters is 1. The summed E-state index contributed by atoms with van der Waals surface area (Å²) in [5, 5.41) is 2.00. The third-order valence-corrected chi connectivity index (χ3v) is 2.81. The summed E-state index contributed by atoms with van der Waals surface area (Å²) < 4.78 is 42.0. The average molecular weight is 318 g/mol. The average Bonchev–Trinajstić information content (AvgIpc) is 2.46. The van der Waals surface area contributed by atoms with Gasteiger partial charge in [-0.15, -0.1) is 0 Å². The summed E-state index contributed by atoms with van der Waals surface area (Å²) in [5.41, 5.74) is 5.49. The van der Waals surface area contributed by atoms with Gasteiger partial charge in [-0.05, 0) is 12.5 Å². The molecule has 122 valence electrons. The van der Waals surface area contributed by atoms with Gasteiger partial charge in [-0.3, -0.25) is 4.79 Å². The SMILES string of the molecule is CCOC(=O)[C@H](Cc1ccccc1)NC(=O)[C@@H](N)C(F)(F)F. The van der Waals surface area contributed by atoms with Crippen LogP contribution >= 0.6 is 0 Å². The first-order chi connectivity index (χ1) is 10.3. The molecule has 0 aliphatic carbocycles. The molecule has 0 aliphatic rings. The number of halogens is 3. The van der Waals surface area contributed by atoms with Gasteiger partial charge in [0, 0.05) is 6.42 Å². The highest BCUT2D eigenvalue weighted by Gasteiger charge is 2.43. The quantitative estimate of drug-likeness (QED) is 0.772. The van der Waals surface area contributed by atoms with Gasteiger partial charge in [0.1, 0.15) is 6.04 Å². The molecule has 1 rings (SSSR count). The van der Waals surface area contributed by atoms with E-state index in [1.807, 2.05) is 5.32 Å². The maximum absolute atomic E-state index is 12.4. The van der Waals surface area contributed by atoms with Crippen LogP contribution in [0, 0.1) is 0 Å². The molecule has 0 unspecified atom stereocenters. The molecule has 8 heteroatoms. The van der Waals surface area contributed by atoms with E-state index in [0.29, 0.717) is 5.56 Å². The van der Waals surface area contributed by atoms with Gasteiger partial charge >= 0.3 is 12.1 Å². The zero-order valence-corrected chi connectivity index (χ0v) is 11.9. The number of hydrogen-bond acceptors (Lipinski definition) is 4. The van der Waals surface area contributed by atoms with E-state index < -0.39 is 30.1 Å². The van der Waals surface area contributed by atoms with Gasteiger partial charge in [0.2, 0.25) is 5.91 Å². The summed E-state index contributed by atoms with van der Waals surface area (Å²) in [7, 11) is 0. The van der Waals surface area contributed by atoms with Crippen molar-refractivity contribution in [1.29, 1.82) is 0 Å². The van der Waals surface area contributed by atoms with Crippen molar-refractivity contribution in [2.24, 2.45) is 5.73 Å². The Balaban J connectivity index is 2.82. The Hall–Kier alpha value is -2.09. The molecular weight excluding hydrogens is 301 g/mol. The van der Waals surface area contributed by atoms with Crippen molar-refractivity contribution >= 4 is 11.9 Å². The number of alkyl halides is 3. The number of carbonyl (C=O) groups excluding carboxylic acids is 2. The van der Waals surface area contributed by atoms with Crippen LogP contribution in [0.5, 0.6) is 0 Å². The standard InChI is InChI=1S/C14H17F3N2O3/c1-2-22-13(21)10(8-9-6-4-3-5-7-9)19-12(20)11(18)14(15,16)17/h3-7,10-11H,2,8,18H2,1H3,(H,19,20)/t10-,11+/m0/s1. The van der Waals surface area contributed by atoms with Gasteiger partial charge in [0.05, 0.1) is 6.61 Å². The molecule has 0 spiro atoms. The summed E-state index contributed by atoms with van der Waals surface area (Å²) in [6.07, 6.45) is -4.87. The smallest absolute Gasteiger partial charge is 0.412 e. The highest BCUT2D eigenvalue weighted by molar-refractivity contribution is 5.88. The third kappa shape index (κ3) is 5.36. The van der Waals surface area contributed by atoms with Crippen molar-refractivity contribution in [2.45, 2.75) is 31.6 Å². The van der Waals surface area contributed by atoms with Gasteiger partial charge in [0.25, 0.3) is 0 Å². The van der Waals surface area contributed by atoms with E-state index in [2.05, 4.69) is 0 Å². The molecule has 1 aromatic rings. The largest absolute Gasteiger partial charge is 0.464 e. The zero-order chi connectivity index (χ0) is 16.8. The molecule has 5 nitrogen and oxygen atoms in total. The highest BCUT2D eigenvalue weighted by Crippen LogP contribution is 2.18. The molecular formula is C14H17F3N2O3.